The Morgan fingerprint density at radius 1 is 1.07 bits per heavy atom. The van der Waals surface area contributed by atoms with Gasteiger partial charge in [0.15, 0.2) is 0 Å². The summed E-state index contributed by atoms with van der Waals surface area (Å²) in [5.41, 5.74) is -0.938. The van der Waals surface area contributed by atoms with Crippen molar-refractivity contribution in [2.45, 2.75) is 37.7 Å². The number of nitrogens with one attached hydrogen (secondary N) is 1. The number of aromatic nitrogens is 1. The van der Waals surface area contributed by atoms with Crippen molar-refractivity contribution in [2.75, 3.05) is 26.2 Å². The molecule has 1 N–H and O–H groups in total. The lowest BCUT2D eigenvalue weighted by atomic mass is 10.2. The third-order valence-electron chi connectivity index (χ3n) is 4.50. The highest BCUT2D eigenvalue weighted by Gasteiger charge is 2.31. The number of H-pyrrole nitrogens is 1. The summed E-state index contributed by atoms with van der Waals surface area (Å²) in [5.74, 6) is 0. The maximum Gasteiger partial charge on any atom is 0.410 e. The first-order valence-corrected chi connectivity index (χ1v) is 10.6. The fraction of sp³-hybridized carbons (Fsp3) is 0.474. The predicted octanol–water partition coefficient (Wildman–Crippen LogP) is 2.16. The lowest BCUT2D eigenvalue weighted by molar-refractivity contribution is 0.0260. The van der Waals surface area contributed by atoms with E-state index < -0.39 is 21.7 Å². The van der Waals surface area contributed by atoms with Crippen LogP contribution in [0.5, 0.6) is 0 Å². The molecule has 8 nitrogen and oxygen atoms in total. The molecular formula is C19H25N3O5S. The number of carbonyl (C=O) groups is 1. The van der Waals surface area contributed by atoms with Crippen LogP contribution in [0.3, 0.4) is 0 Å². The van der Waals surface area contributed by atoms with Crippen LogP contribution in [0.2, 0.25) is 0 Å². The number of hydrogen-bond acceptors (Lipinski definition) is 5. The molecule has 0 spiro atoms. The molecule has 0 atom stereocenters. The standard InChI is InChI=1S/C19H25N3O5S/c1-19(2,3)27-18(24)21-10-5-11-22(13-12-21)28(25,26)16-7-4-6-15-14(16)8-9-20-17(15)23/h4,6-9H,5,10-13H2,1-3H3,(H,20,23). The molecule has 0 bridgehead atoms. The molecule has 2 aromatic rings. The molecule has 9 heteroatoms. The number of fused-ring (bicyclic) bond motifs is 1. The summed E-state index contributed by atoms with van der Waals surface area (Å²) in [6.07, 6.45) is 1.50. The summed E-state index contributed by atoms with van der Waals surface area (Å²) in [7, 11) is -3.81. The van der Waals surface area contributed by atoms with Crippen LogP contribution >= 0.6 is 0 Å². The third-order valence-corrected chi connectivity index (χ3v) is 6.46. The Morgan fingerprint density at radius 2 is 1.82 bits per heavy atom. The van der Waals surface area contributed by atoms with Crippen molar-refractivity contribution >= 4 is 26.9 Å². The maximum absolute atomic E-state index is 13.2. The van der Waals surface area contributed by atoms with Gasteiger partial charge in [0.1, 0.15) is 5.60 Å². The van der Waals surface area contributed by atoms with Gasteiger partial charge in [-0.1, -0.05) is 6.07 Å². The molecule has 152 valence electrons. The first-order valence-electron chi connectivity index (χ1n) is 9.18. The molecule has 1 fully saturated rings. The smallest absolute Gasteiger partial charge is 0.410 e. The summed E-state index contributed by atoms with van der Waals surface area (Å²) in [6.45, 7) is 6.52. The van der Waals surface area contributed by atoms with Crippen LogP contribution in [0.15, 0.2) is 40.2 Å². The van der Waals surface area contributed by atoms with Gasteiger partial charge >= 0.3 is 6.09 Å². The molecule has 0 aliphatic carbocycles. The van der Waals surface area contributed by atoms with Crippen molar-refractivity contribution in [2.24, 2.45) is 0 Å². The quantitative estimate of drug-likeness (QED) is 0.822. The maximum atomic E-state index is 13.2. The van der Waals surface area contributed by atoms with Crippen LogP contribution in [-0.4, -0.2) is 60.5 Å². The molecule has 28 heavy (non-hydrogen) atoms. The molecule has 1 saturated heterocycles. The van der Waals surface area contributed by atoms with Gasteiger partial charge in [-0.05, 0) is 45.4 Å². The van der Waals surface area contributed by atoms with Crippen molar-refractivity contribution in [1.29, 1.82) is 0 Å². The molecule has 1 aliphatic heterocycles. The van der Waals surface area contributed by atoms with Gasteiger partial charge in [-0.25, -0.2) is 13.2 Å². The Labute approximate surface area is 164 Å². The third kappa shape index (κ3) is 4.20. The van der Waals surface area contributed by atoms with Crippen molar-refractivity contribution in [3.8, 4) is 0 Å². The monoisotopic (exact) mass is 407 g/mol. The molecule has 0 radical (unpaired) electrons. The normalized spacial score (nSPS) is 16.8. The van der Waals surface area contributed by atoms with Crippen LogP contribution in [0, 0.1) is 0 Å². The van der Waals surface area contributed by atoms with E-state index in [9.17, 15) is 18.0 Å². The average molecular weight is 407 g/mol. The molecule has 1 aromatic heterocycles. The molecule has 3 rings (SSSR count). The fourth-order valence-electron chi connectivity index (χ4n) is 3.20. The highest BCUT2D eigenvalue weighted by atomic mass is 32.2. The van der Waals surface area contributed by atoms with Crippen LogP contribution in [0.1, 0.15) is 27.2 Å². The summed E-state index contributed by atoms with van der Waals surface area (Å²) in [6, 6.07) is 6.26. The Bertz CT molecular complexity index is 1040. The van der Waals surface area contributed by atoms with Gasteiger partial charge < -0.3 is 14.6 Å². The summed E-state index contributed by atoms with van der Waals surface area (Å²) >= 11 is 0. The minimum atomic E-state index is -3.81. The molecular weight excluding hydrogens is 382 g/mol. The zero-order valence-electron chi connectivity index (χ0n) is 16.3. The van der Waals surface area contributed by atoms with Gasteiger partial charge in [0.2, 0.25) is 10.0 Å². The number of nitrogens with zero attached hydrogens (tertiary/aromatic N) is 2. The van der Waals surface area contributed by atoms with E-state index in [1.807, 2.05) is 0 Å². The predicted molar refractivity (Wildman–Crippen MR) is 106 cm³/mol. The number of hydrogen-bond donors (Lipinski definition) is 1. The number of benzene rings is 1. The second-order valence-corrected chi connectivity index (χ2v) is 9.66. The summed E-state index contributed by atoms with van der Waals surface area (Å²) in [4.78, 5) is 28.5. The second-order valence-electron chi connectivity index (χ2n) is 7.75. The summed E-state index contributed by atoms with van der Waals surface area (Å²) in [5, 5.41) is 0.716. The fourth-order valence-corrected chi connectivity index (χ4v) is 4.88. The van der Waals surface area contributed by atoms with Crippen LogP contribution in [0.4, 0.5) is 4.79 Å². The minimum absolute atomic E-state index is 0.0989. The molecule has 1 aromatic carbocycles. The topological polar surface area (TPSA) is 99.8 Å². The lowest BCUT2D eigenvalue weighted by Gasteiger charge is -2.26. The SMILES string of the molecule is CC(C)(C)OC(=O)N1CCCN(S(=O)(=O)c2cccc3c(=O)[nH]ccc23)CC1. The Hall–Kier alpha value is -2.39. The highest BCUT2D eigenvalue weighted by molar-refractivity contribution is 7.89. The molecule has 2 heterocycles. The number of sulfonamides is 1. The van der Waals surface area contributed by atoms with E-state index in [4.69, 9.17) is 4.74 Å². The first kappa shape index (κ1) is 20.3. The van der Waals surface area contributed by atoms with Gasteiger partial charge in [0.05, 0.1) is 4.90 Å². The van der Waals surface area contributed by atoms with Crippen LogP contribution in [0.25, 0.3) is 10.8 Å². The Balaban J connectivity index is 1.85. The number of carbonyl (C=O) groups excluding carboxylic acids is 1. The van der Waals surface area contributed by atoms with Crippen molar-refractivity contribution in [1.82, 2.24) is 14.2 Å². The van der Waals surface area contributed by atoms with E-state index in [0.717, 1.165) is 0 Å². The van der Waals surface area contributed by atoms with E-state index in [0.29, 0.717) is 30.3 Å². The summed E-state index contributed by atoms with van der Waals surface area (Å²) < 4.78 is 33.3. The van der Waals surface area contributed by atoms with Crippen molar-refractivity contribution < 1.29 is 17.9 Å². The van der Waals surface area contributed by atoms with Gasteiger partial charge in [-0.15, -0.1) is 0 Å². The van der Waals surface area contributed by atoms with Gasteiger partial charge in [-0.2, -0.15) is 4.31 Å². The molecule has 1 aliphatic rings. The van der Waals surface area contributed by atoms with E-state index in [1.165, 1.54) is 21.5 Å². The molecule has 1 amide bonds. The van der Waals surface area contributed by atoms with Gasteiger partial charge in [0.25, 0.3) is 5.56 Å². The molecule has 0 saturated carbocycles. The number of aromatic amines is 1. The van der Waals surface area contributed by atoms with Gasteiger partial charge in [0, 0.05) is 43.1 Å². The van der Waals surface area contributed by atoms with Crippen LogP contribution < -0.4 is 5.56 Å². The first-order chi connectivity index (χ1) is 13.1. The lowest BCUT2D eigenvalue weighted by Crippen LogP contribution is -2.40. The number of rotatable bonds is 2. The second kappa shape index (κ2) is 7.56. The highest BCUT2D eigenvalue weighted by Crippen LogP contribution is 2.25. The minimum Gasteiger partial charge on any atom is -0.444 e. The molecule has 0 unspecified atom stereocenters. The number of amides is 1. The van der Waals surface area contributed by atoms with E-state index in [1.54, 1.807) is 39.0 Å². The van der Waals surface area contributed by atoms with E-state index >= 15 is 0 Å². The number of ether oxygens (including phenoxy) is 1. The Kier molecular flexibility index (Phi) is 5.49. The van der Waals surface area contributed by atoms with E-state index in [2.05, 4.69) is 4.98 Å². The number of pyridine rings is 1. The zero-order valence-corrected chi connectivity index (χ0v) is 17.1. The van der Waals surface area contributed by atoms with Gasteiger partial charge in [-0.3, -0.25) is 4.79 Å². The van der Waals surface area contributed by atoms with Crippen LogP contribution in [-0.2, 0) is 14.8 Å². The van der Waals surface area contributed by atoms with Crippen molar-refractivity contribution in [3.63, 3.8) is 0 Å². The Morgan fingerprint density at radius 3 is 2.54 bits per heavy atom. The van der Waals surface area contributed by atoms with Crippen molar-refractivity contribution in [3.05, 3.63) is 40.8 Å². The largest absolute Gasteiger partial charge is 0.444 e. The zero-order chi connectivity index (χ0) is 20.5. The average Bonchev–Trinajstić information content (AvgIpc) is 2.87. The van der Waals surface area contributed by atoms with E-state index in [-0.39, 0.29) is 23.5 Å².